The summed E-state index contributed by atoms with van der Waals surface area (Å²) in [5.74, 6) is 1.49. The minimum atomic E-state index is -0.184. The fraction of sp³-hybridized carbons (Fsp3) is 0.333. The average Bonchev–Trinajstić information content (AvgIpc) is 2.69. The van der Waals surface area contributed by atoms with Gasteiger partial charge in [0.1, 0.15) is 5.75 Å². The lowest BCUT2D eigenvalue weighted by atomic mass is 10.2. The molecule has 0 heterocycles. The molecule has 0 aliphatic carbocycles. The maximum absolute atomic E-state index is 12.3. The molecule has 28 heavy (non-hydrogen) atoms. The molecule has 0 unspecified atom stereocenters. The molecule has 2 amide bonds. The fourth-order valence-electron chi connectivity index (χ4n) is 2.70. The Labute approximate surface area is 165 Å². The summed E-state index contributed by atoms with van der Waals surface area (Å²) in [5.41, 5.74) is 1.31. The van der Waals surface area contributed by atoms with E-state index in [1.165, 1.54) is 18.9 Å². The first-order valence-corrected chi connectivity index (χ1v) is 9.01. The highest BCUT2D eigenvalue weighted by Gasteiger charge is 2.16. The predicted molar refractivity (Wildman–Crippen MR) is 108 cm³/mol. The fourth-order valence-corrected chi connectivity index (χ4v) is 2.70. The zero-order valence-electron chi connectivity index (χ0n) is 16.7. The minimum absolute atomic E-state index is 0.154. The van der Waals surface area contributed by atoms with Gasteiger partial charge >= 0.3 is 0 Å². The third-order valence-electron chi connectivity index (χ3n) is 4.07. The highest BCUT2D eigenvalue weighted by molar-refractivity contribution is 5.95. The summed E-state index contributed by atoms with van der Waals surface area (Å²) in [4.78, 5) is 25.9. The predicted octanol–water partition coefficient (Wildman–Crippen LogP) is 3.48. The van der Waals surface area contributed by atoms with Gasteiger partial charge in [0.05, 0.1) is 20.8 Å². The van der Waals surface area contributed by atoms with Gasteiger partial charge in [-0.2, -0.15) is 0 Å². The van der Waals surface area contributed by atoms with E-state index in [4.69, 9.17) is 14.2 Å². The SMILES string of the molecule is CCOc1ccc(NC(=O)CCN(C(C)=O)c2ccc(OC)c(OC)c2)cc1. The second-order valence-electron chi connectivity index (χ2n) is 5.97. The molecule has 150 valence electrons. The molecule has 2 aromatic rings. The van der Waals surface area contributed by atoms with Crippen molar-refractivity contribution in [1.82, 2.24) is 0 Å². The van der Waals surface area contributed by atoms with Gasteiger partial charge in [-0.05, 0) is 43.3 Å². The number of hydrogen-bond acceptors (Lipinski definition) is 5. The summed E-state index contributed by atoms with van der Waals surface area (Å²) in [6, 6.07) is 12.3. The van der Waals surface area contributed by atoms with Crippen LogP contribution < -0.4 is 24.4 Å². The number of nitrogens with one attached hydrogen (secondary N) is 1. The summed E-state index contributed by atoms with van der Waals surface area (Å²) in [6.07, 6.45) is 0.154. The third-order valence-corrected chi connectivity index (χ3v) is 4.07. The lowest BCUT2D eigenvalue weighted by Gasteiger charge is -2.22. The molecule has 0 atom stereocenters. The number of benzene rings is 2. The van der Waals surface area contributed by atoms with Crippen molar-refractivity contribution in [3.63, 3.8) is 0 Å². The van der Waals surface area contributed by atoms with E-state index in [1.807, 2.05) is 6.92 Å². The van der Waals surface area contributed by atoms with E-state index in [-0.39, 0.29) is 24.8 Å². The number of methoxy groups -OCH3 is 2. The number of rotatable bonds is 9. The van der Waals surface area contributed by atoms with Crippen LogP contribution in [0.4, 0.5) is 11.4 Å². The molecule has 0 bridgehead atoms. The van der Waals surface area contributed by atoms with Crippen molar-refractivity contribution in [1.29, 1.82) is 0 Å². The lowest BCUT2D eigenvalue weighted by molar-refractivity contribution is -0.117. The standard InChI is InChI=1S/C21H26N2O5/c1-5-28-18-9-6-16(7-10-18)22-21(25)12-13-23(15(2)24)17-8-11-19(26-3)20(14-17)27-4/h6-11,14H,5,12-13H2,1-4H3,(H,22,25). The molecule has 2 rings (SSSR count). The normalized spacial score (nSPS) is 10.1. The highest BCUT2D eigenvalue weighted by atomic mass is 16.5. The quantitative estimate of drug-likeness (QED) is 0.714. The number of anilines is 2. The van der Waals surface area contributed by atoms with Gasteiger partial charge in [-0.15, -0.1) is 0 Å². The Hall–Kier alpha value is -3.22. The van der Waals surface area contributed by atoms with Gasteiger partial charge in [0.25, 0.3) is 0 Å². The second-order valence-corrected chi connectivity index (χ2v) is 5.97. The van der Waals surface area contributed by atoms with Crippen LogP contribution in [0, 0.1) is 0 Å². The van der Waals surface area contributed by atoms with Crippen molar-refractivity contribution in [2.45, 2.75) is 20.3 Å². The molecule has 0 radical (unpaired) electrons. The van der Waals surface area contributed by atoms with Crippen LogP contribution in [0.25, 0.3) is 0 Å². The van der Waals surface area contributed by atoms with E-state index >= 15 is 0 Å². The summed E-state index contributed by atoms with van der Waals surface area (Å²) in [7, 11) is 3.08. The summed E-state index contributed by atoms with van der Waals surface area (Å²) in [6.45, 7) is 4.20. The van der Waals surface area contributed by atoms with Gasteiger partial charge in [-0.3, -0.25) is 9.59 Å². The molecule has 7 nitrogen and oxygen atoms in total. The Balaban J connectivity index is 2.01. The zero-order chi connectivity index (χ0) is 20.5. The average molecular weight is 386 g/mol. The summed E-state index contributed by atoms with van der Waals surface area (Å²) < 4.78 is 15.9. The molecule has 0 aromatic heterocycles. The maximum Gasteiger partial charge on any atom is 0.226 e. The van der Waals surface area contributed by atoms with Crippen molar-refractivity contribution in [2.75, 3.05) is 37.6 Å². The van der Waals surface area contributed by atoms with Crippen molar-refractivity contribution in [3.8, 4) is 17.2 Å². The van der Waals surface area contributed by atoms with E-state index < -0.39 is 0 Å². The Morgan fingerprint density at radius 2 is 1.68 bits per heavy atom. The molecule has 0 saturated carbocycles. The van der Waals surface area contributed by atoms with Crippen LogP contribution in [0.15, 0.2) is 42.5 Å². The van der Waals surface area contributed by atoms with Gasteiger partial charge in [0, 0.05) is 37.3 Å². The first kappa shape index (κ1) is 21.1. The van der Waals surface area contributed by atoms with E-state index in [9.17, 15) is 9.59 Å². The zero-order valence-corrected chi connectivity index (χ0v) is 16.7. The molecule has 1 N–H and O–H groups in total. The first-order chi connectivity index (χ1) is 13.5. The van der Waals surface area contributed by atoms with Crippen LogP contribution in [0.3, 0.4) is 0 Å². The van der Waals surface area contributed by atoms with Crippen LogP contribution in [-0.4, -0.2) is 39.2 Å². The van der Waals surface area contributed by atoms with Crippen LogP contribution in [0.5, 0.6) is 17.2 Å². The Morgan fingerprint density at radius 1 is 1.00 bits per heavy atom. The number of ether oxygens (including phenoxy) is 3. The molecule has 0 saturated heterocycles. The summed E-state index contributed by atoms with van der Waals surface area (Å²) in [5, 5.41) is 2.82. The van der Waals surface area contributed by atoms with E-state index in [2.05, 4.69) is 5.32 Å². The number of carbonyl (C=O) groups excluding carboxylic acids is 2. The number of carbonyl (C=O) groups is 2. The van der Waals surface area contributed by atoms with Crippen molar-refractivity contribution in [2.24, 2.45) is 0 Å². The molecular formula is C21H26N2O5. The molecule has 0 aliphatic heterocycles. The van der Waals surface area contributed by atoms with E-state index in [1.54, 1.807) is 49.6 Å². The monoisotopic (exact) mass is 386 g/mol. The number of hydrogen-bond donors (Lipinski definition) is 1. The summed E-state index contributed by atoms with van der Waals surface area (Å²) >= 11 is 0. The minimum Gasteiger partial charge on any atom is -0.494 e. The Bertz CT molecular complexity index is 805. The van der Waals surface area contributed by atoms with Gasteiger partial charge in [-0.25, -0.2) is 0 Å². The number of nitrogens with zero attached hydrogens (tertiary/aromatic N) is 1. The van der Waals surface area contributed by atoms with Gasteiger partial charge < -0.3 is 24.4 Å². The number of amides is 2. The molecule has 7 heteroatoms. The van der Waals surface area contributed by atoms with Crippen LogP contribution in [0.2, 0.25) is 0 Å². The van der Waals surface area contributed by atoms with Gasteiger partial charge in [0.2, 0.25) is 11.8 Å². The molecule has 2 aromatic carbocycles. The van der Waals surface area contributed by atoms with E-state index in [0.29, 0.717) is 29.5 Å². The van der Waals surface area contributed by atoms with Crippen LogP contribution in [0.1, 0.15) is 20.3 Å². The van der Waals surface area contributed by atoms with E-state index in [0.717, 1.165) is 5.75 Å². The van der Waals surface area contributed by atoms with Crippen molar-refractivity contribution in [3.05, 3.63) is 42.5 Å². The van der Waals surface area contributed by atoms with Crippen molar-refractivity contribution >= 4 is 23.2 Å². The Morgan fingerprint density at radius 3 is 2.25 bits per heavy atom. The van der Waals surface area contributed by atoms with Crippen LogP contribution >= 0.6 is 0 Å². The smallest absolute Gasteiger partial charge is 0.226 e. The molecule has 0 fully saturated rings. The van der Waals surface area contributed by atoms with Gasteiger partial charge in [0.15, 0.2) is 11.5 Å². The molecular weight excluding hydrogens is 360 g/mol. The van der Waals surface area contributed by atoms with Crippen molar-refractivity contribution < 1.29 is 23.8 Å². The molecule has 0 aliphatic rings. The lowest BCUT2D eigenvalue weighted by Crippen LogP contribution is -2.32. The first-order valence-electron chi connectivity index (χ1n) is 9.01. The van der Waals surface area contributed by atoms with Gasteiger partial charge in [-0.1, -0.05) is 0 Å². The topological polar surface area (TPSA) is 77.1 Å². The molecule has 0 spiro atoms. The largest absolute Gasteiger partial charge is 0.494 e. The Kier molecular flexibility index (Phi) is 7.68. The highest BCUT2D eigenvalue weighted by Crippen LogP contribution is 2.31. The third kappa shape index (κ3) is 5.64. The second kappa shape index (κ2) is 10.2. The van der Waals surface area contributed by atoms with Crippen LogP contribution in [-0.2, 0) is 9.59 Å². The maximum atomic E-state index is 12.3.